The Bertz CT molecular complexity index is 1110. The molecule has 4 nitrogen and oxygen atoms in total. The smallest absolute Gasteiger partial charge is 0.244 e. The maximum Gasteiger partial charge on any atom is 0.244 e. The summed E-state index contributed by atoms with van der Waals surface area (Å²) < 4.78 is 13.6. The van der Waals surface area contributed by atoms with Gasteiger partial charge in [-0.3, -0.25) is 9.59 Å². The van der Waals surface area contributed by atoms with Crippen LogP contribution < -0.4 is 5.32 Å². The number of hydrogen-bond donors (Lipinski definition) is 1. The fourth-order valence-electron chi connectivity index (χ4n) is 3.96. The topological polar surface area (TPSA) is 49.4 Å². The Hall–Kier alpha value is -3.47. The van der Waals surface area contributed by atoms with E-state index in [1.165, 1.54) is 12.1 Å². The fourth-order valence-corrected chi connectivity index (χ4v) is 3.96. The molecule has 0 aromatic heterocycles. The zero-order valence-corrected chi connectivity index (χ0v) is 17.0. The zero-order chi connectivity index (χ0) is 21.3. The molecular weight excluding hydrogens is 379 g/mol. The molecule has 0 bridgehead atoms. The third kappa shape index (κ3) is 4.10. The van der Waals surface area contributed by atoms with Gasteiger partial charge in [-0.1, -0.05) is 59.7 Å². The number of nitrogens with zero attached hydrogens (tertiary/aromatic N) is 1. The summed E-state index contributed by atoms with van der Waals surface area (Å²) in [6.07, 6.45) is 0.188. The lowest BCUT2D eigenvalue weighted by atomic mass is 9.94. The molecule has 3 aromatic rings. The lowest BCUT2D eigenvalue weighted by Crippen LogP contribution is -2.39. The average molecular weight is 402 g/mol. The molecule has 0 unspecified atom stereocenters. The Morgan fingerprint density at radius 1 is 1.03 bits per heavy atom. The average Bonchev–Trinajstić information content (AvgIpc) is 2.84. The Morgan fingerprint density at radius 3 is 2.50 bits per heavy atom. The van der Waals surface area contributed by atoms with Gasteiger partial charge in [-0.05, 0) is 43.2 Å². The highest BCUT2D eigenvalue weighted by Crippen LogP contribution is 2.36. The number of benzene rings is 3. The van der Waals surface area contributed by atoms with Crippen LogP contribution in [0.4, 0.5) is 10.1 Å². The van der Waals surface area contributed by atoms with E-state index in [0.717, 1.165) is 27.8 Å². The molecule has 0 fully saturated rings. The van der Waals surface area contributed by atoms with Gasteiger partial charge in [0, 0.05) is 11.3 Å². The second-order valence-corrected chi connectivity index (χ2v) is 7.78. The Labute approximate surface area is 175 Å². The summed E-state index contributed by atoms with van der Waals surface area (Å²) in [5.41, 5.74) is 5.24. The highest BCUT2D eigenvalue weighted by Gasteiger charge is 2.33. The number of halogens is 1. The van der Waals surface area contributed by atoms with Crippen LogP contribution in [0.1, 0.15) is 33.9 Å². The van der Waals surface area contributed by atoms with Gasteiger partial charge in [-0.25, -0.2) is 4.39 Å². The summed E-state index contributed by atoms with van der Waals surface area (Å²) in [4.78, 5) is 27.6. The van der Waals surface area contributed by atoms with Gasteiger partial charge in [0.1, 0.15) is 12.4 Å². The van der Waals surface area contributed by atoms with Gasteiger partial charge in [0.2, 0.25) is 11.8 Å². The third-order valence-electron chi connectivity index (χ3n) is 5.35. The molecule has 0 aliphatic carbocycles. The van der Waals surface area contributed by atoms with Crippen molar-refractivity contribution in [3.63, 3.8) is 0 Å². The number of rotatable bonds is 3. The van der Waals surface area contributed by atoms with Crippen LogP contribution >= 0.6 is 0 Å². The van der Waals surface area contributed by atoms with E-state index in [1.807, 2.05) is 56.3 Å². The first kappa shape index (κ1) is 19.8. The number of fused-ring (bicyclic) bond motifs is 1. The van der Waals surface area contributed by atoms with Crippen LogP contribution in [0.3, 0.4) is 0 Å². The van der Waals surface area contributed by atoms with Crippen LogP contribution in [0, 0.1) is 19.7 Å². The van der Waals surface area contributed by atoms with E-state index < -0.39 is 6.04 Å². The number of carbonyl (C=O) groups excluding carboxylic acids is 2. The summed E-state index contributed by atoms with van der Waals surface area (Å²) in [5.74, 6) is -0.745. The lowest BCUT2D eigenvalue weighted by molar-refractivity contribution is -0.135. The summed E-state index contributed by atoms with van der Waals surface area (Å²) in [7, 11) is 0. The highest BCUT2D eigenvalue weighted by atomic mass is 19.1. The molecule has 5 heteroatoms. The Morgan fingerprint density at radius 2 is 1.77 bits per heavy atom. The first-order chi connectivity index (χ1) is 14.4. The molecular formula is C25H23FN2O2. The maximum atomic E-state index is 13.6. The summed E-state index contributed by atoms with van der Waals surface area (Å²) in [6.45, 7) is 3.88. The van der Waals surface area contributed by atoms with Gasteiger partial charge in [0.25, 0.3) is 0 Å². The van der Waals surface area contributed by atoms with Gasteiger partial charge < -0.3 is 10.2 Å². The molecule has 1 heterocycles. The van der Waals surface area contributed by atoms with Crippen LogP contribution in [-0.4, -0.2) is 23.3 Å². The van der Waals surface area contributed by atoms with Crippen molar-refractivity contribution in [3.05, 3.63) is 100 Å². The second-order valence-electron chi connectivity index (χ2n) is 7.78. The molecule has 30 heavy (non-hydrogen) atoms. The van der Waals surface area contributed by atoms with E-state index in [-0.39, 0.29) is 30.6 Å². The highest BCUT2D eigenvalue weighted by molar-refractivity contribution is 5.97. The molecule has 3 aromatic carbocycles. The number of anilines is 1. The van der Waals surface area contributed by atoms with Crippen LogP contribution in [0.25, 0.3) is 0 Å². The van der Waals surface area contributed by atoms with Crippen LogP contribution in [0.5, 0.6) is 0 Å². The molecule has 0 saturated carbocycles. The van der Waals surface area contributed by atoms with E-state index in [1.54, 1.807) is 17.0 Å². The van der Waals surface area contributed by atoms with E-state index in [9.17, 15) is 14.0 Å². The zero-order valence-electron chi connectivity index (χ0n) is 17.0. The minimum Gasteiger partial charge on any atom is -0.324 e. The first-order valence-corrected chi connectivity index (χ1v) is 9.91. The van der Waals surface area contributed by atoms with Crippen molar-refractivity contribution in [2.75, 3.05) is 11.9 Å². The van der Waals surface area contributed by atoms with Gasteiger partial charge in [-0.2, -0.15) is 0 Å². The molecule has 1 N–H and O–H groups in total. The van der Waals surface area contributed by atoms with E-state index in [2.05, 4.69) is 5.32 Å². The molecule has 1 aliphatic heterocycles. The maximum absolute atomic E-state index is 13.6. The predicted molar refractivity (Wildman–Crippen MR) is 115 cm³/mol. The third-order valence-corrected chi connectivity index (χ3v) is 5.35. The minimum absolute atomic E-state index is 0.0690. The quantitative estimate of drug-likeness (QED) is 0.698. The summed E-state index contributed by atoms with van der Waals surface area (Å²) >= 11 is 0. The number of aryl methyl sites for hydroxylation is 2. The molecule has 1 atom stereocenters. The molecule has 152 valence electrons. The molecule has 4 rings (SSSR count). The van der Waals surface area contributed by atoms with Crippen LogP contribution in [0.15, 0.2) is 66.7 Å². The largest absolute Gasteiger partial charge is 0.324 e. The molecule has 0 radical (unpaired) electrons. The number of amides is 2. The minimum atomic E-state index is -0.489. The van der Waals surface area contributed by atoms with Crippen molar-refractivity contribution < 1.29 is 14.0 Å². The van der Waals surface area contributed by atoms with E-state index >= 15 is 0 Å². The van der Waals surface area contributed by atoms with Crippen molar-refractivity contribution >= 4 is 17.5 Å². The van der Waals surface area contributed by atoms with Crippen molar-refractivity contribution in [3.8, 4) is 0 Å². The molecule has 1 aliphatic rings. The van der Waals surface area contributed by atoms with Crippen molar-refractivity contribution in [2.45, 2.75) is 26.3 Å². The molecule has 0 spiro atoms. The number of hydrogen-bond acceptors (Lipinski definition) is 2. The van der Waals surface area contributed by atoms with Crippen molar-refractivity contribution in [1.82, 2.24) is 4.90 Å². The Kier molecular flexibility index (Phi) is 5.36. The van der Waals surface area contributed by atoms with Gasteiger partial charge in [0.05, 0.1) is 12.5 Å². The molecule has 0 saturated heterocycles. The number of carbonyl (C=O) groups is 2. The van der Waals surface area contributed by atoms with Crippen LogP contribution in [-0.2, 0) is 16.0 Å². The number of nitrogens with one attached hydrogen (secondary N) is 1. The van der Waals surface area contributed by atoms with Gasteiger partial charge in [0.15, 0.2) is 0 Å². The van der Waals surface area contributed by atoms with Crippen LogP contribution in [0.2, 0.25) is 0 Å². The standard InChI is InChI=1S/C25H23FN2O2/c1-16-4-3-5-18(12-16)14-24(30)28-15-23(29)27-22-11-6-17(2)13-21(22)25(28)19-7-9-20(26)10-8-19/h3-13,25H,14-15H2,1-2H3,(H,27,29)/t25-/m0/s1. The summed E-state index contributed by atoms with van der Waals surface area (Å²) in [5, 5.41) is 2.91. The first-order valence-electron chi connectivity index (χ1n) is 9.91. The van der Waals surface area contributed by atoms with E-state index in [0.29, 0.717) is 5.69 Å². The second kappa shape index (κ2) is 8.11. The fraction of sp³-hybridized carbons (Fsp3) is 0.200. The SMILES string of the molecule is Cc1cccc(CC(=O)N2CC(=O)Nc3ccc(C)cc3[C@@H]2c2ccc(F)cc2)c1. The van der Waals surface area contributed by atoms with Crippen molar-refractivity contribution in [2.24, 2.45) is 0 Å². The molecule has 2 amide bonds. The van der Waals surface area contributed by atoms with Crippen molar-refractivity contribution in [1.29, 1.82) is 0 Å². The normalized spacial score (nSPS) is 15.9. The van der Waals surface area contributed by atoms with E-state index in [4.69, 9.17) is 0 Å². The lowest BCUT2D eigenvalue weighted by Gasteiger charge is -2.31. The predicted octanol–water partition coefficient (Wildman–Crippen LogP) is 4.56. The Balaban J connectivity index is 1.80. The van der Waals surface area contributed by atoms with Gasteiger partial charge in [-0.15, -0.1) is 0 Å². The monoisotopic (exact) mass is 402 g/mol. The summed E-state index contributed by atoms with van der Waals surface area (Å²) in [6, 6.07) is 19.2. The van der Waals surface area contributed by atoms with Gasteiger partial charge >= 0.3 is 0 Å².